The van der Waals surface area contributed by atoms with E-state index >= 15 is 0 Å². The van der Waals surface area contributed by atoms with Gasteiger partial charge in [0.25, 0.3) is 0 Å². The Labute approximate surface area is 184 Å². The first-order valence-corrected chi connectivity index (χ1v) is 10.3. The summed E-state index contributed by atoms with van der Waals surface area (Å²) in [6.07, 6.45) is 0. The van der Waals surface area contributed by atoms with Crippen molar-refractivity contribution in [1.82, 2.24) is 19.6 Å². The Morgan fingerprint density at radius 2 is 1.76 bits per heavy atom. The summed E-state index contributed by atoms with van der Waals surface area (Å²) in [5.41, 5.74) is 3.27. The van der Waals surface area contributed by atoms with Crippen molar-refractivity contribution in [3.63, 3.8) is 0 Å². The van der Waals surface area contributed by atoms with Crippen LogP contribution in [0.1, 0.15) is 29.6 Å². The number of rotatable bonds is 6. The van der Waals surface area contributed by atoms with E-state index in [0.29, 0.717) is 34.0 Å². The van der Waals surface area contributed by atoms with Crippen molar-refractivity contribution in [3.05, 3.63) is 62.0 Å². The van der Waals surface area contributed by atoms with E-state index in [1.165, 1.54) is 0 Å². The number of hydrogen-bond acceptors (Lipinski definition) is 3. The topological polar surface area (TPSA) is 64.7 Å². The number of carbonyl (C=O) groups excluding carboxylic acids is 1. The third-order valence-corrected chi connectivity index (χ3v) is 6.04. The summed E-state index contributed by atoms with van der Waals surface area (Å²) in [7, 11) is 0. The number of anilines is 1. The van der Waals surface area contributed by atoms with Gasteiger partial charge in [0.15, 0.2) is 5.82 Å². The molecule has 29 heavy (non-hydrogen) atoms. The summed E-state index contributed by atoms with van der Waals surface area (Å²) >= 11 is 18.7. The minimum atomic E-state index is -0.312. The number of aromatic nitrogens is 4. The summed E-state index contributed by atoms with van der Waals surface area (Å²) in [6, 6.07) is 7.19. The molecule has 2 heterocycles. The molecule has 0 fully saturated rings. The Bertz CT molecular complexity index is 1040. The lowest BCUT2D eigenvalue weighted by Crippen LogP contribution is -2.25. The van der Waals surface area contributed by atoms with Gasteiger partial charge in [0.1, 0.15) is 0 Å². The Morgan fingerprint density at radius 3 is 2.34 bits per heavy atom. The highest BCUT2D eigenvalue weighted by atomic mass is 35.5. The van der Waals surface area contributed by atoms with Crippen molar-refractivity contribution in [2.24, 2.45) is 5.92 Å². The maximum atomic E-state index is 12.6. The second-order valence-electron chi connectivity index (χ2n) is 7.09. The predicted molar refractivity (Wildman–Crippen MR) is 117 cm³/mol. The molecule has 0 aliphatic heterocycles. The molecule has 2 aromatic heterocycles. The smallest absolute Gasteiger partial charge is 0.230 e. The molecular weight excluding hydrogens is 433 g/mol. The van der Waals surface area contributed by atoms with E-state index in [2.05, 4.69) is 15.5 Å². The van der Waals surface area contributed by atoms with E-state index in [9.17, 15) is 4.79 Å². The second kappa shape index (κ2) is 8.78. The van der Waals surface area contributed by atoms with Crippen molar-refractivity contribution < 1.29 is 4.79 Å². The molecule has 1 atom stereocenters. The van der Waals surface area contributed by atoms with Crippen LogP contribution in [-0.2, 0) is 17.9 Å². The molecule has 3 aromatic rings. The number of hydrogen-bond donors (Lipinski definition) is 1. The summed E-state index contributed by atoms with van der Waals surface area (Å²) in [5, 5.41) is 13.5. The molecule has 154 valence electrons. The number of carbonyl (C=O) groups is 1. The van der Waals surface area contributed by atoms with Crippen molar-refractivity contribution in [3.8, 4) is 0 Å². The predicted octanol–water partition coefficient (Wildman–Crippen LogP) is 5.29. The third-order valence-electron chi connectivity index (χ3n) is 4.79. The fourth-order valence-corrected chi connectivity index (χ4v) is 3.66. The van der Waals surface area contributed by atoms with E-state index in [0.717, 1.165) is 22.6 Å². The molecule has 0 spiro atoms. The number of benzene rings is 1. The Morgan fingerprint density at radius 1 is 1.10 bits per heavy atom. The standard InChI is InChI=1S/C20H22Cl3N5O/c1-11(9-28-14(4)19(23)13(3)25-28)20(29)24-18-8-12(2)27(26-18)10-15-16(21)6-5-7-17(15)22/h5-8,11H,9-10H2,1-4H3,(H,24,26,29). The minimum absolute atomic E-state index is 0.144. The third kappa shape index (κ3) is 4.77. The Kier molecular flexibility index (Phi) is 6.56. The highest BCUT2D eigenvalue weighted by molar-refractivity contribution is 6.36. The summed E-state index contributed by atoms with van der Waals surface area (Å²) < 4.78 is 3.51. The quantitative estimate of drug-likeness (QED) is 0.550. The zero-order valence-electron chi connectivity index (χ0n) is 16.6. The maximum absolute atomic E-state index is 12.6. The molecule has 0 saturated heterocycles. The molecule has 1 aromatic carbocycles. The average Bonchev–Trinajstić information content (AvgIpc) is 3.12. The van der Waals surface area contributed by atoms with Crippen LogP contribution in [0.2, 0.25) is 15.1 Å². The molecule has 6 nitrogen and oxygen atoms in total. The van der Waals surface area contributed by atoms with Gasteiger partial charge in [-0.15, -0.1) is 0 Å². The number of amides is 1. The van der Waals surface area contributed by atoms with E-state index in [1.807, 2.05) is 33.8 Å². The SMILES string of the molecule is Cc1nn(CC(C)C(=O)Nc2cc(C)n(Cc3c(Cl)cccc3Cl)n2)c(C)c1Cl. The van der Waals surface area contributed by atoms with Gasteiger partial charge in [0.05, 0.1) is 35.4 Å². The second-order valence-corrected chi connectivity index (χ2v) is 8.28. The monoisotopic (exact) mass is 453 g/mol. The summed E-state index contributed by atoms with van der Waals surface area (Å²) in [4.78, 5) is 12.6. The van der Waals surface area contributed by atoms with Crippen molar-refractivity contribution in [1.29, 1.82) is 0 Å². The van der Waals surface area contributed by atoms with E-state index in [4.69, 9.17) is 34.8 Å². The number of aryl methyl sites for hydroxylation is 2. The van der Waals surface area contributed by atoms with Gasteiger partial charge >= 0.3 is 0 Å². The average molecular weight is 455 g/mol. The molecule has 1 amide bonds. The van der Waals surface area contributed by atoms with Gasteiger partial charge in [-0.2, -0.15) is 10.2 Å². The number of halogens is 3. The van der Waals surface area contributed by atoms with Crippen LogP contribution >= 0.6 is 34.8 Å². The highest BCUT2D eigenvalue weighted by Gasteiger charge is 2.19. The molecule has 1 unspecified atom stereocenters. The maximum Gasteiger partial charge on any atom is 0.230 e. The van der Waals surface area contributed by atoms with Crippen LogP contribution < -0.4 is 5.32 Å². The lowest BCUT2D eigenvalue weighted by molar-refractivity contribution is -0.119. The number of nitrogens with one attached hydrogen (secondary N) is 1. The molecular formula is C20H22Cl3N5O. The zero-order chi connectivity index (χ0) is 21.3. The van der Waals surface area contributed by atoms with Gasteiger partial charge in [0.2, 0.25) is 5.91 Å². The molecule has 0 saturated carbocycles. The largest absolute Gasteiger partial charge is 0.309 e. The minimum Gasteiger partial charge on any atom is -0.309 e. The van der Waals surface area contributed by atoms with Crippen LogP contribution in [0.25, 0.3) is 0 Å². The zero-order valence-corrected chi connectivity index (χ0v) is 18.9. The molecule has 9 heteroatoms. The highest BCUT2D eigenvalue weighted by Crippen LogP contribution is 2.26. The van der Waals surface area contributed by atoms with Crippen LogP contribution in [0.4, 0.5) is 5.82 Å². The van der Waals surface area contributed by atoms with Crippen LogP contribution in [-0.4, -0.2) is 25.5 Å². The summed E-state index contributed by atoms with van der Waals surface area (Å²) in [6.45, 7) is 8.33. The fourth-order valence-electron chi connectivity index (χ4n) is 3.01. The van der Waals surface area contributed by atoms with E-state index in [1.54, 1.807) is 27.6 Å². The molecule has 0 aliphatic rings. The Balaban J connectivity index is 1.69. The first-order valence-electron chi connectivity index (χ1n) is 9.15. The molecule has 0 bridgehead atoms. The lowest BCUT2D eigenvalue weighted by atomic mass is 10.1. The van der Waals surface area contributed by atoms with Crippen molar-refractivity contribution in [2.45, 2.75) is 40.8 Å². The molecule has 3 rings (SSSR count). The lowest BCUT2D eigenvalue weighted by Gasteiger charge is -2.12. The van der Waals surface area contributed by atoms with Crippen LogP contribution in [0, 0.1) is 26.7 Å². The fraction of sp³-hybridized carbons (Fsp3) is 0.350. The van der Waals surface area contributed by atoms with Gasteiger partial charge in [-0.25, -0.2) is 0 Å². The summed E-state index contributed by atoms with van der Waals surface area (Å²) in [5.74, 6) is 0.0237. The number of nitrogens with zero attached hydrogens (tertiary/aromatic N) is 4. The van der Waals surface area contributed by atoms with Crippen molar-refractivity contribution >= 4 is 46.5 Å². The normalized spacial score (nSPS) is 12.2. The molecule has 1 N–H and O–H groups in total. The van der Waals surface area contributed by atoms with E-state index < -0.39 is 0 Å². The van der Waals surface area contributed by atoms with Gasteiger partial charge in [-0.3, -0.25) is 14.2 Å². The van der Waals surface area contributed by atoms with Crippen LogP contribution in [0.3, 0.4) is 0 Å². The molecule has 0 aliphatic carbocycles. The van der Waals surface area contributed by atoms with Crippen molar-refractivity contribution in [2.75, 3.05) is 5.32 Å². The first kappa shape index (κ1) is 21.7. The van der Waals surface area contributed by atoms with Gasteiger partial charge < -0.3 is 5.32 Å². The first-order chi connectivity index (χ1) is 13.7. The molecule has 0 radical (unpaired) electrons. The van der Waals surface area contributed by atoms with Crippen LogP contribution in [0.15, 0.2) is 24.3 Å². The van der Waals surface area contributed by atoms with E-state index in [-0.39, 0.29) is 11.8 Å². The van der Waals surface area contributed by atoms with Gasteiger partial charge in [-0.1, -0.05) is 47.8 Å². The van der Waals surface area contributed by atoms with Gasteiger partial charge in [0, 0.05) is 27.4 Å². The van der Waals surface area contributed by atoms with Crippen LogP contribution in [0.5, 0.6) is 0 Å². The van der Waals surface area contributed by atoms with Gasteiger partial charge in [-0.05, 0) is 32.9 Å². The Hall–Kier alpha value is -2.02.